The zero-order valence-corrected chi connectivity index (χ0v) is 8.08. The molecular weight excluding hydrogens is 164 g/mol. The fraction of sp³-hybridized carbons (Fsp3) is 0.636. The summed E-state index contributed by atoms with van der Waals surface area (Å²) < 4.78 is 10.7. The molecule has 2 atom stereocenters. The molecule has 0 N–H and O–H groups in total. The van der Waals surface area contributed by atoms with Crippen LogP contribution in [-0.4, -0.2) is 25.9 Å². The smallest absolute Gasteiger partial charge is 0.108 e. The van der Waals surface area contributed by atoms with Crippen LogP contribution >= 0.6 is 0 Å². The van der Waals surface area contributed by atoms with Gasteiger partial charge in [0.15, 0.2) is 0 Å². The van der Waals surface area contributed by atoms with Crippen molar-refractivity contribution < 1.29 is 9.47 Å². The molecular formula is C11H16O2. The molecule has 0 spiro atoms. The minimum absolute atomic E-state index is 0.0924. The third-order valence-electron chi connectivity index (χ3n) is 2.42. The molecule has 72 valence electrons. The first kappa shape index (κ1) is 10.3. The van der Waals surface area contributed by atoms with E-state index in [0.29, 0.717) is 12.7 Å². The normalized spacial score (nSPS) is 28.5. The minimum Gasteiger partial charge on any atom is -0.381 e. The summed E-state index contributed by atoms with van der Waals surface area (Å²) in [5.74, 6) is 2.46. The minimum atomic E-state index is 0.0924. The van der Waals surface area contributed by atoms with Crippen molar-refractivity contribution in [2.24, 2.45) is 0 Å². The van der Waals surface area contributed by atoms with Gasteiger partial charge in [-0.15, -0.1) is 6.42 Å². The summed E-state index contributed by atoms with van der Waals surface area (Å²) in [5.41, 5.74) is 1.14. The first-order chi connectivity index (χ1) is 6.27. The molecule has 0 aromatic carbocycles. The van der Waals surface area contributed by atoms with Gasteiger partial charge in [0.2, 0.25) is 0 Å². The fourth-order valence-electron chi connectivity index (χ4n) is 1.58. The van der Waals surface area contributed by atoms with Gasteiger partial charge in [-0.3, -0.25) is 0 Å². The molecule has 2 nitrogen and oxygen atoms in total. The summed E-state index contributed by atoms with van der Waals surface area (Å²) in [6, 6.07) is 0. The lowest BCUT2D eigenvalue weighted by atomic mass is 9.91. The summed E-state index contributed by atoms with van der Waals surface area (Å²) >= 11 is 0. The first-order valence-electron chi connectivity index (χ1n) is 4.53. The number of hydrogen-bond donors (Lipinski definition) is 0. The monoisotopic (exact) mass is 180 g/mol. The highest BCUT2D eigenvalue weighted by Crippen LogP contribution is 2.26. The molecule has 0 aromatic heterocycles. The van der Waals surface area contributed by atoms with Gasteiger partial charge < -0.3 is 9.47 Å². The molecule has 2 heteroatoms. The van der Waals surface area contributed by atoms with Crippen LogP contribution in [0.5, 0.6) is 0 Å². The lowest BCUT2D eigenvalue weighted by Gasteiger charge is -2.29. The Balaban J connectivity index is 2.41. The second-order valence-electron chi connectivity index (χ2n) is 3.29. The van der Waals surface area contributed by atoms with Crippen LogP contribution in [0.3, 0.4) is 0 Å². The Morgan fingerprint density at radius 2 is 2.46 bits per heavy atom. The highest BCUT2D eigenvalue weighted by molar-refractivity contribution is 5.07. The molecule has 1 aliphatic carbocycles. The van der Waals surface area contributed by atoms with Crippen LogP contribution in [0.15, 0.2) is 12.2 Å². The van der Waals surface area contributed by atoms with Crippen molar-refractivity contribution in [2.75, 3.05) is 13.7 Å². The van der Waals surface area contributed by atoms with E-state index in [9.17, 15) is 0 Å². The topological polar surface area (TPSA) is 18.5 Å². The summed E-state index contributed by atoms with van der Waals surface area (Å²) in [4.78, 5) is 0. The van der Waals surface area contributed by atoms with Crippen molar-refractivity contribution in [3.8, 4) is 12.3 Å². The van der Waals surface area contributed by atoms with Crippen LogP contribution in [0.4, 0.5) is 0 Å². The van der Waals surface area contributed by atoms with E-state index >= 15 is 0 Å². The average Bonchev–Trinajstić information content (AvgIpc) is 2.17. The molecule has 0 aromatic rings. The van der Waals surface area contributed by atoms with E-state index in [1.54, 1.807) is 7.11 Å². The van der Waals surface area contributed by atoms with Gasteiger partial charge >= 0.3 is 0 Å². The highest BCUT2D eigenvalue weighted by atomic mass is 16.5. The molecule has 1 fully saturated rings. The van der Waals surface area contributed by atoms with E-state index in [0.717, 1.165) is 24.8 Å². The summed E-state index contributed by atoms with van der Waals surface area (Å²) in [6.45, 7) is 4.33. The summed E-state index contributed by atoms with van der Waals surface area (Å²) in [7, 11) is 1.73. The second kappa shape index (κ2) is 5.06. The number of methoxy groups -OCH3 is 1. The molecule has 0 heterocycles. The maximum absolute atomic E-state index is 5.46. The Kier molecular flexibility index (Phi) is 4.01. The van der Waals surface area contributed by atoms with Gasteiger partial charge in [0, 0.05) is 13.5 Å². The van der Waals surface area contributed by atoms with Crippen molar-refractivity contribution in [2.45, 2.75) is 31.5 Å². The Labute approximate surface area is 79.9 Å². The molecule has 13 heavy (non-hydrogen) atoms. The molecule has 0 saturated heterocycles. The number of rotatable bonds is 3. The van der Waals surface area contributed by atoms with Crippen LogP contribution in [0.2, 0.25) is 0 Å². The van der Waals surface area contributed by atoms with E-state index in [2.05, 4.69) is 12.5 Å². The maximum Gasteiger partial charge on any atom is 0.108 e. The number of ether oxygens (including phenoxy) is 2. The molecule has 0 amide bonds. The average molecular weight is 180 g/mol. The summed E-state index contributed by atoms with van der Waals surface area (Å²) in [5, 5.41) is 0. The van der Waals surface area contributed by atoms with Gasteiger partial charge in [-0.2, -0.15) is 0 Å². The molecule has 0 radical (unpaired) electrons. The van der Waals surface area contributed by atoms with Gasteiger partial charge in [-0.05, 0) is 18.4 Å². The van der Waals surface area contributed by atoms with Crippen LogP contribution in [0.25, 0.3) is 0 Å². The predicted molar refractivity (Wildman–Crippen MR) is 52.4 cm³/mol. The van der Waals surface area contributed by atoms with Crippen molar-refractivity contribution in [1.82, 2.24) is 0 Å². The SMILES string of the molecule is C#CCOC1CC(OC)CCC1=C. The molecule has 1 saturated carbocycles. The quantitative estimate of drug-likeness (QED) is 0.486. The van der Waals surface area contributed by atoms with Gasteiger partial charge in [0.05, 0.1) is 12.2 Å². The maximum atomic E-state index is 5.46. The van der Waals surface area contributed by atoms with E-state index < -0.39 is 0 Å². The van der Waals surface area contributed by atoms with Gasteiger partial charge in [0.25, 0.3) is 0 Å². The van der Waals surface area contributed by atoms with Crippen LogP contribution in [-0.2, 0) is 9.47 Å². The van der Waals surface area contributed by atoms with Gasteiger partial charge in [-0.25, -0.2) is 0 Å². The van der Waals surface area contributed by atoms with E-state index in [-0.39, 0.29) is 6.10 Å². The van der Waals surface area contributed by atoms with Crippen molar-refractivity contribution >= 4 is 0 Å². The lowest BCUT2D eigenvalue weighted by molar-refractivity contribution is 0.00711. The fourth-order valence-corrected chi connectivity index (χ4v) is 1.58. The van der Waals surface area contributed by atoms with Gasteiger partial charge in [-0.1, -0.05) is 12.5 Å². The van der Waals surface area contributed by atoms with E-state index in [1.165, 1.54) is 0 Å². The van der Waals surface area contributed by atoms with Crippen molar-refractivity contribution in [3.05, 3.63) is 12.2 Å². The zero-order chi connectivity index (χ0) is 9.68. The van der Waals surface area contributed by atoms with Crippen LogP contribution in [0, 0.1) is 12.3 Å². The lowest BCUT2D eigenvalue weighted by Crippen LogP contribution is -2.29. The molecule has 1 aliphatic rings. The molecule has 2 unspecified atom stereocenters. The third kappa shape index (κ3) is 2.87. The zero-order valence-electron chi connectivity index (χ0n) is 8.08. The standard InChI is InChI=1S/C11H16O2/c1-4-7-13-11-8-10(12-3)6-5-9(11)2/h1,10-11H,2,5-8H2,3H3. The summed E-state index contributed by atoms with van der Waals surface area (Å²) in [6.07, 6.45) is 8.43. The third-order valence-corrected chi connectivity index (χ3v) is 2.42. The molecule has 0 bridgehead atoms. The molecule has 0 aliphatic heterocycles. The van der Waals surface area contributed by atoms with Crippen molar-refractivity contribution in [3.63, 3.8) is 0 Å². The Hall–Kier alpha value is -0.780. The Bertz CT molecular complexity index is 215. The largest absolute Gasteiger partial charge is 0.381 e. The van der Waals surface area contributed by atoms with Crippen LogP contribution < -0.4 is 0 Å². The second-order valence-corrected chi connectivity index (χ2v) is 3.29. The predicted octanol–water partition coefficient (Wildman–Crippen LogP) is 1.76. The first-order valence-corrected chi connectivity index (χ1v) is 4.53. The highest BCUT2D eigenvalue weighted by Gasteiger charge is 2.24. The van der Waals surface area contributed by atoms with Gasteiger partial charge in [0.1, 0.15) is 6.61 Å². The van der Waals surface area contributed by atoms with Crippen LogP contribution in [0.1, 0.15) is 19.3 Å². The van der Waals surface area contributed by atoms with E-state index in [1.807, 2.05) is 0 Å². The van der Waals surface area contributed by atoms with Crippen molar-refractivity contribution in [1.29, 1.82) is 0 Å². The Morgan fingerprint density at radius 3 is 3.08 bits per heavy atom. The number of hydrogen-bond acceptors (Lipinski definition) is 2. The molecule has 1 rings (SSSR count). The number of terminal acetylenes is 1. The Morgan fingerprint density at radius 1 is 1.69 bits per heavy atom. The van der Waals surface area contributed by atoms with E-state index in [4.69, 9.17) is 15.9 Å².